The molecule has 0 radical (unpaired) electrons. The molecule has 1 unspecified atom stereocenters. The number of nitrogens with one attached hydrogen (secondary N) is 1. The maximum atomic E-state index is 10.7. The summed E-state index contributed by atoms with van der Waals surface area (Å²) >= 11 is 0. The summed E-state index contributed by atoms with van der Waals surface area (Å²) in [6.45, 7) is 5.52. The first-order valence-electron chi connectivity index (χ1n) is 11.8. The molecule has 0 amide bonds. The van der Waals surface area contributed by atoms with E-state index in [1.165, 1.54) is 110 Å². The van der Waals surface area contributed by atoms with Crippen molar-refractivity contribution in [2.45, 2.75) is 129 Å². The molecule has 4 nitrogen and oxygen atoms in total. The van der Waals surface area contributed by atoms with E-state index in [0.29, 0.717) is 6.42 Å². The molecule has 0 aromatic carbocycles. The summed E-state index contributed by atoms with van der Waals surface area (Å²) in [4.78, 5) is 10.7. The molecule has 0 aliphatic heterocycles. The number of ether oxygens (including phenoxy) is 1. The van der Waals surface area contributed by atoms with Crippen molar-refractivity contribution in [3.63, 3.8) is 0 Å². The van der Waals surface area contributed by atoms with Crippen LogP contribution >= 0.6 is 0 Å². The first-order valence-corrected chi connectivity index (χ1v) is 11.8. The van der Waals surface area contributed by atoms with Crippen LogP contribution in [0.3, 0.4) is 0 Å². The lowest BCUT2D eigenvalue weighted by molar-refractivity contribution is -0.146. The molecule has 0 bridgehead atoms. The Hall–Kier alpha value is -0.610. The van der Waals surface area contributed by atoms with Crippen LogP contribution in [0.15, 0.2) is 0 Å². The van der Waals surface area contributed by atoms with Gasteiger partial charge in [0.05, 0.1) is 0 Å². The summed E-state index contributed by atoms with van der Waals surface area (Å²) in [5.41, 5.74) is 5.67. The van der Waals surface area contributed by atoms with E-state index in [9.17, 15) is 4.79 Å². The summed E-state index contributed by atoms with van der Waals surface area (Å²) in [7, 11) is 0. The predicted octanol–water partition coefficient (Wildman–Crippen LogP) is 6.08. The molecule has 4 heteroatoms. The minimum atomic E-state index is -0.471. The van der Waals surface area contributed by atoms with Crippen molar-refractivity contribution < 1.29 is 9.53 Å². The van der Waals surface area contributed by atoms with Gasteiger partial charge in [-0.15, -0.1) is 0 Å². The predicted molar refractivity (Wildman–Crippen MR) is 117 cm³/mol. The average Bonchev–Trinajstić information content (AvgIpc) is 2.63. The van der Waals surface area contributed by atoms with Crippen LogP contribution < -0.4 is 11.1 Å². The van der Waals surface area contributed by atoms with Gasteiger partial charge in [0.2, 0.25) is 0 Å². The van der Waals surface area contributed by atoms with E-state index in [2.05, 4.69) is 12.2 Å². The van der Waals surface area contributed by atoms with E-state index >= 15 is 0 Å². The Morgan fingerprint density at radius 1 is 0.741 bits per heavy atom. The van der Waals surface area contributed by atoms with Gasteiger partial charge in [-0.25, -0.2) is 0 Å². The summed E-state index contributed by atoms with van der Waals surface area (Å²) in [5, 5.41) is 3.37. The van der Waals surface area contributed by atoms with Crippen molar-refractivity contribution in [1.82, 2.24) is 5.32 Å². The van der Waals surface area contributed by atoms with Gasteiger partial charge in [-0.1, -0.05) is 103 Å². The molecular weight excluding hydrogens is 336 g/mol. The zero-order chi connectivity index (χ0) is 20.0. The fourth-order valence-corrected chi connectivity index (χ4v) is 3.44. The third kappa shape index (κ3) is 23.4. The van der Waals surface area contributed by atoms with Crippen LogP contribution in [0.4, 0.5) is 0 Å². The van der Waals surface area contributed by atoms with Gasteiger partial charge in [-0.3, -0.25) is 10.5 Å². The molecule has 3 N–H and O–H groups in total. The van der Waals surface area contributed by atoms with Crippen molar-refractivity contribution in [2.24, 2.45) is 5.73 Å². The number of carbonyl (C=O) groups is 1. The lowest BCUT2D eigenvalue weighted by Crippen LogP contribution is -2.30. The monoisotopic (exact) mass is 384 g/mol. The fourth-order valence-electron chi connectivity index (χ4n) is 3.44. The van der Waals surface area contributed by atoms with Crippen molar-refractivity contribution >= 4 is 5.97 Å². The third-order valence-electron chi connectivity index (χ3n) is 5.13. The summed E-state index contributed by atoms with van der Waals surface area (Å²) in [5.74, 6) is -0.305. The maximum absolute atomic E-state index is 10.7. The Kier molecular flexibility index (Phi) is 21.2. The number of rotatable bonds is 21. The first-order chi connectivity index (χ1) is 13.2. The lowest BCUT2D eigenvalue weighted by Gasteiger charge is -2.11. The second kappa shape index (κ2) is 21.7. The third-order valence-corrected chi connectivity index (χ3v) is 5.13. The highest BCUT2D eigenvalue weighted by atomic mass is 16.5. The molecule has 0 fully saturated rings. The van der Waals surface area contributed by atoms with Crippen LogP contribution in [-0.4, -0.2) is 25.3 Å². The van der Waals surface area contributed by atoms with E-state index in [-0.39, 0.29) is 5.97 Å². The van der Waals surface area contributed by atoms with Crippen LogP contribution in [0.2, 0.25) is 0 Å². The number of hydrogen-bond acceptors (Lipinski definition) is 4. The molecule has 0 spiro atoms. The topological polar surface area (TPSA) is 64.3 Å². The standard InChI is InChI=1S/C23H48N2O2/c1-3-4-5-6-7-8-9-10-11-12-13-14-15-16-17-18-20-25-21-19-23(24)27-22(2)26/h23,25H,3-21,24H2,1-2H3. The molecule has 0 aromatic rings. The van der Waals surface area contributed by atoms with Crippen molar-refractivity contribution in [2.75, 3.05) is 13.1 Å². The van der Waals surface area contributed by atoms with E-state index < -0.39 is 6.23 Å². The van der Waals surface area contributed by atoms with Gasteiger partial charge >= 0.3 is 5.97 Å². The van der Waals surface area contributed by atoms with Gasteiger partial charge in [0.15, 0.2) is 6.23 Å². The van der Waals surface area contributed by atoms with Gasteiger partial charge in [0.25, 0.3) is 0 Å². The second-order valence-corrected chi connectivity index (χ2v) is 7.99. The van der Waals surface area contributed by atoms with Crippen LogP contribution in [0.1, 0.15) is 123 Å². The van der Waals surface area contributed by atoms with Crippen molar-refractivity contribution in [3.05, 3.63) is 0 Å². The molecule has 0 heterocycles. The Bertz CT molecular complexity index is 311. The van der Waals surface area contributed by atoms with Gasteiger partial charge in [-0.2, -0.15) is 0 Å². The highest BCUT2D eigenvalue weighted by Crippen LogP contribution is 2.13. The zero-order valence-corrected chi connectivity index (χ0v) is 18.4. The van der Waals surface area contributed by atoms with Gasteiger partial charge in [0, 0.05) is 13.3 Å². The lowest BCUT2D eigenvalue weighted by atomic mass is 10.0. The summed E-state index contributed by atoms with van der Waals surface area (Å²) in [6.07, 6.45) is 22.6. The molecule has 0 saturated heterocycles. The normalized spacial score (nSPS) is 12.3. The minimum absolute atomic E-state index is 0.305. The quantitative estimate of drug-likeness (QED) is 0.143. The van der Waals surface area contributed by atoms with Crippen LogP contribution in [-0.2, 0) is 9.53 Å². The average molecular weight is 385 g/mol. The largest absolute Gasteiger partial charge is 0.447 e. The van der Waals surface area contributed by atoms with Crippen LogP contribution in [0, 0.1) is 0 Å². The molecule has 1 atom stereocenters. The van der Waals surface area contributed by atoms with E-state index in [1.807, 2.05) is 0 Å². The SMILES string of the molecule is CCCCCCCCCCCCCCCCCCNCCC(N)OC(C)=O. The molecule has 0 rings (SSSR count). The van der Waals surface area contributed by atoms with Crippen LogP contribution in [0.25, 0.3) is 0 Å². The molecule has 0 saturated carbocycles. The smallest absolute Gasteiger partial charge is 0.304 e. The van der Waals surface area contributed by atoms with Crippen molar-refractivity contribution in [3.8, 4) is 0 Å². The highest BCUT2D eigenvalue weighted by molar-refractivity contribution is 5.66. The Morgan fingerprint density at radius 3 is 1.56 bits per heavy atom. The van der Waals surface area contributed by atoms with Gasteiger partial charge in [0.1, 0.15) is 0 Å². The van der Waals surface area contributed by atoms with E-state index in [0.717, 1.165) is 13.1 Å². The molecule has 162 valence electrons. The second-order valence-electron chi connectivity index (χ2n) is 7.99. The van der Waals surface area contributed by atoms with Gasteiger partial charge < -0.3 is 10.1 Å². The number of carbonyl (C=O) groups excluding carboxylic acids is 1. The highest BCUT2D eigenvalue weighted by Gasteiger charge is 2.04. The Morgan fingerprint density at radius 2 is 1.15 bits per heavy atom. The minimum Gasteiger partial charge on any atom is -0.447 e. The number of hydrogen-bond donors (Lipinski definition) is 2. The number of esters is 1. The zero-order valence-electron chi connectivity index (χ0n) is 18.4. The summed E-state index contributed by atoms with van der Waals surface area (Å²) < 4.78 is 4.89. The first kappa shape index (κ1) is 26.4. The fraction of sp³-hybridized carbons (Fsp3) is 0.957. The van der Waals surface area contributed by atoms with E-state index in [4.69, 9.17) is 10.5 Å². The molecule has 0 aliphatic carbocycles. The van der Waals surface area contributed by atoms with Crippen molar-refractivity contribution in [1.29, 1.82) is 0 Å². The Labute approximate surface area is 169 Å². The van der Waals surface area contributed by atoms with E-state index in [1.54, 1.807) is 0 Å². The van der Waals surface area contributed by atoms with Crippen LogP contribution in [0.5, 0.6) is 0 Å². The molecule has 0 aromatic heterocycles. The Balaban J connectivity index is 3.06. The molecule has 0 aliphatic rings. The summed E-state index contributed by atoms with van der Waals surface area (Å²) in [6, 6.07) is 0. The number of nitrogens with two attached hydrogens (primary N) is 1. The van der Waals surface area contributed by atoms with Gasteiger partial charge in [-0.05, 0) is 19.5 Å². The molecule has 27 heavy (non-hydrogen) atoms. The molecular formula is C23H48N2O2. The maximum Gasteiger partial charge on any atom is 0.304 e. The number of unbranched alkanes of at least 4 members (excludes halogenated alkanes) is 15.